The van der Waals surface area contributed by atoms with Gasteiger partial charge in [-0.05, 0) is 43.2 Å². The van der Waals surface area contributed by atoms with Crippen LogP contribution in [0, 0.1) is 0 Å². The molecule has 29 heavy (non-hydrogen) atoms. The highest BCUT2D eigenvalue weighted by molar-refractivity contribution is 6.00. The van der Waals surface area contributed by atoms with Crippen molar-refractivity contribution in [3.8, 4) is 11.3 Å². The first kappa shape index (κ1) is 19.4. The highest BCUT2D eigenvalue weighted by Crippen LogP contribution is 2.38. The van der Waals surface area contributed by atoms with E-state index in [1.54, 1.807) is 0 Å². The quantitative estimate of drug-likeness (QED) is 0.330. The van der Waals surface area contributed by atoms with Crippen molar-refractivity contribution in [2.45, 2.75) is 46.1 Å². The highest BCUT2D eigenvalue weighted by atomic mass is 15.1. The summed E-state index contributed by atoms with van der Waals surface area (Å²) in [6, 6.07) is 17.7. The van der Waals surface area contributed by atoms with Crippen molar-refractivity contribution in [3.05, 3.63) is 90.2 Å². The number of hydrogen-bond acceptors (Lipinski definition) is 0. The van der Waals surface area contributed by atoms with Crippen LogP contribution in [0.1, 0.15) is 51.7 Å². The normalized spacial score (nSPS) is 15.4. The minimum absolute atomic E-state index is 0.0337. The molecule has 0 amide bonds. The van der Waals surface area contributed by atoms with Gasteiger partial charge >= 0.3 is 0 Å². The second-order valence-corrected chi connectivity index (χ2v) is 7.91. The van der Waals surface area contributed by atoms with Crippen LogP contribution in [0.4, 0.5) is 0 Å². The number of fused-ring (bicyclic) bond motifs is 5. The van der Waals surface area contributed by atoms with Crippen LogP contribution < -0.4 is 4.57 Å². The maximum absolute atomic E-state index is 2.56. The van der Waals surface area contributed by atoms with E-state index in [1.165, 1.54) is 38.7 Å². The minimum Gasteiger partial charge on any atom is -0.188 e. The highest BCUT2D eigenvalue weighted by Gasteiger charge is 2.40. The molecule has 0 fully saturated rings. The fraction of sp³-hybridized carbons (Fsp3) is 0.250. The van der Waals surface area contributed by atoms with E-state index in [1.807, 2.05) is 0 Å². The van der Waals surface area contributed by atoms with E-state index in [9.17, 15) is 0 Å². The SMILES string of the molecule is CC=CC=C(C)c1c[n+]2c(c3ccccc13)-c1ccccc1C=CC2(CC)CC. The lowest BCUT2D eigenvalue weighted by molar-refractivity contribution is -0.742. The number of nitrogens with zero attached hydrogens (tertiary/aromatic N) is 1. The lowest BCUT2D eigenvalue weighted by Gasteiger charge is -2.25. The molecule has 2 heterocycles. The molecule has 0 saturated heterocycles. The topological polar surface area (TPSA) is 3.88 Å². The van der Waals surface area contributed by atoms with E-state index in [0.717, 1.165) is 12.8 Å². The third kappa shape index (κ3) is 3.15. The van der Waals surface area contributed by atoms with Gasteiger partial charge in [0.05, 0.1) is 10.9 Å². The molecule has 4 rings (SSSR count). The summed E-state index contributed by atoms with van der Waals surface area (Å²) in [6.45, 7) is 8.89. The van der Waals surface area contributed by atoms with Crippen LogP contribution in [0.15, 0.2) is 79.0 Å². The minimum atomic E-state index is -0.0337. The Morgan fingerprint density at radius 1 is 0.966 bits per heavy atom. The molecule has 0 saturated carbocycles. The van der Waals surface area contributed by atoms with Gasteiger partial charge in [-0.25, -0.2) is 0 Å². The number of allylic oxidation sites excluding steroid dienone is 5. The summed E-state index contributed by atoms with van der Waals surface area (Å²) < 4.78 is 2.56. The Morgan fingerprint density at radius 3 is 2.38 bits per heavy atom. The number of rotatable bonds is 4. The Morgan fingerprint density at radius 2 is 1.66 bits per heavy atom. The molecule has 2 aromatic carbocycles. The second-order valence-electron chi connectivity index (χ2n) is 7.91. The summed E-state index contributed by atoms with van der Waals surface area (Å²) >= 11 is 0. The van der Waals surface area contributed by atoms with Crippen LogP contribution >= 0.6 is 0 Å². The number of benzene rings is 2. The fourth-order valence-corrected chi connectivity index (χ4v) is 4.60. The molecule has 0 bridgehead atoms. The molecule has 1 heteroatoms. The Labute approximate surface area is 174 Å². The largest absolute Gasteiger partial charge is 0.221 e. The smallest absolute Gasteiger partial charge is 0.188 e. The Hall–Kier alpha value is -2.93. The number of aromatic nitrogens is 1. The van der Waals surface area contributed by atoms with Crippen LogP contribution in [0.5, 0.6) is 0 Å². The van der Waals surface area contributed by atoms with Gasteiger partial charge in [-0.15, -0.1) is 0 Å². The van der Waals surface area contributed by atoms with Crippen LogP contribution in [-0.2, 0) is 5.54 Å². The maximum Gasteiger partial charge on any atom is 0.221 e. The van der Waals surface area contributed by atoms with Crippen molar-refractivity contribution in [3.63, 3.8) is 0 Å². The van der Waals surface area contributed by atoms with Gasteiger partial charge in [-0.3, -0.25) is 0 Å². The summed E-state index contributed by atoms with van der Waals surface area (Å²) in [6.07, 6.45) is 15.7. The summed E-state index contributed by atoms with van der Waals surface area (Å²) in [4.78, 5) is 0. The van der Waals surface area contributed by atoms with Gasteiger partial charge < -0.3 is 0 Å². The summed E-state index contributed by atoms with van der Waals surface area (Å²) in [7, 11) is 0. The average Bonchev–Trinajstić information content (AvgIpc) is 2.92. The van der Waals surface area contributed by atoms with Crippen LogP contribution in [0.2, 0.25) is 0 Å². The molecule has 146 valence electrons. The van der Waals surface area contributed by atoms with Gasteiger partial charge in [0.15, 0.2) is 11.7 Å². The van der Waals surface area contributed by atoms with E-state index in [4.69, 9.17) is 0 Å². The Kier molecular flexibility index (Phi) is 5.24. The zero-order valence-electron chi connectivity index (χ0n) is 17.9. The second kappa shape index (κ2) is 7.83. The van der Waals surface area contributed by atoms with Crippen LogP contribution in [0.3, 0.4) is 0 Å². The van der Waals surface area contributed by atoms with Crippen molar-refractivity contribution in [2.24, 2.45) is 0 Å². The maximum atomic E-state index is 2.56. The van der Waals surface area contributed by atoms with E-state index >= 15 is 0 Å². The van der Waals surface area contributed by atoms with Crippen LogP contribution in [0.25, 0.3) is 33.7 Å². The van der Waals surface area contributed by atoms with Gasteiger partial charge in [0.2, 0.25) is 5.69 Å². The molecule has 1 aromatic heterocycles. The summed E-state index contributed by atoms with van der Waals surface area (Å²) in [5.41, 5.74) is 6.49. The summed E-state index contributed by atoms with van der Waals surface area (Å²) in [5, 5.41) is 2.63. The molecule has 0 aliphatic carbocycles. The monoisotopic (exact) mass is 380 g/mol. The molecule has 3 aromatic rings. The van der Waals surface area contributed by atoms with Gasteiger partial charge in [0.25, 0.3) is 0 Å². The first-order valence-electron chi connectivity index (χ1n) is 10.7. The van der Waals surface area contributed by atoms with Crippen molar-refractivity contribution >= 4 is 22.4 Å². The van der Waals surface area contributed by atoms with E-state index in [-0.39, 0.29) is 5.54 Å². The standard InChI is InChI=1S/C28H30N/c1-5-8-13-21(4)26-20-29-27(25-17-12-11-16-24(25)26)23-15-10-9-14-22(23)18-19-28(29,6-2)7-3/h5,8-20H,6-7H2,1-4H3/q+1. The van der Waals surface area contributed by atoms with Crippen molar-refractivity contribution in [2.75, 3.05) is 0 Å². The molecular weight excluding hydrogens is 350 g/mol. The fourth-order valence-electron chi connectivity index (χ4n) is 4.60. The predicted molar refractivity (Wildman–Crippen MR) is 126 cm³/mol. The molecular formula is C28H30N+. The lowest BCUT2D eigenvalue weighted by Crippen LogP contribution is -2.55. The third-order valence-corrected chi connectivity index (χ3v) is 6.43. The molecule has 0 spiro atoms. The third-order valence-electron chi connectivity index (χ3n) is 6.43. The Balaban J connectivity index is 2.19. The van der Waals surface area contributed by atoms with E-state index in [2.05, 4.69) is 117 Å². The van der Waals surface area contributed by atoms with Crippen molar-refractivity contribution < 1.29 is 4.57 Å². The molecule has 1 aliphatic heterocycles. The summed E-state index contributed by atoms with van der Waals surface area (Å²) in [5.74, 6) is 0. The molecule has 0 atom stereocenters. The number of hydrogen-bond donors (Lipinski definition) is 0. The van der Waals surface area contributed by atoms with Gasteiger partial charge in [0, 0.05) is 23.8 Å². The molecule has 0 radical (unpaired) electrons. The molecule has 0 unspecified atom stereocenters. The zero-order chi connectivity index (χ0) is 20.4. The Bertz CT molecular complexity index is 1140. The van der Waals surface area contributed by atoms with Gasteiger partial charge in [0.1, 0.15) is 0 Å². The van der Waals surface area contributed by atoms with Crippen LogP contribution in [-0.4, -0.2) is 0 Å². The lowest BCUT2D eigenvalue weighted by atomic mass is 9.89. The van der Waals surface area contributed by atoms with Crippen molar-refractivity contribution in [1.82, 2.24) is 0 Å². The molecule has 0 N–H and O–H groups in total. The molecule has 1 nitrogen and oxygen atoms in total. The van der Waals surface area contributed by atoms with E-state index < -0.39 is 0 Å². The van der Waals surface area contributed by atoms with Gasteiger partial charge in [-0.2, -0.15) is 4.57 Å². The zero-order valence-corrected chi connectivity index (χ0v) is 17.9. The van der Waals surface area contributed by atoms with Crippen molar-refractivity contribution in [1.29, 1.82) is 0 Å². The molecule has 1 aliphatic rings. The first-order valence-corrected chi connectivity index (χ1v) is 10.7. The van der Waals surface area contributed by atoms with Gasteiger partial charge in [-0.1, -0.05) is 74.5 Å². The average molecular weight is 381 g/mol. The van der Waals surface area contributed by atoms with E-state index in [0.29, 0.717) is 0 Å². The number of pyridine rings is 1. The predicted octanol–water partition coefficient (Wildman–Crippen LogP) is 7.32. The first-order chi connectivity index (χ1) is 14.1.